The second-order valence-corrected chi connectivity index (χ2v) is 17.6. The summed E-state index contributed by atoms with van der Waals surface area (Å²) in [5, 5.41) is 118. The van der Waals surface area contributed by atoms with Crippen molar-refractivity contribution in [2.45, 2.75) is 177 Å². The van der Waals surface area contributed by atoms with E-state index in [9.17, 15) is 65.8 Å². The molecular formula is C47H73NO17Zn+2. The van der Waals surface area contributed by atoms with E-state index in [-0.39, 0.29) is 51.1 Å². The summed E-state index contributed by atoms with van der Waals surface area (Å²) >= 11 is 0. The first-order valence-electron chi connectivity index (χ1n) is 22.3. The molecule has 0 spiro atoms. The summed E-state index contributed by atoms with van der Waals surface area (Å²) < 4.78 is 23.1. The minimum atomic E-state index is -2.33. The topological polar surface area (TPSA) is 320 Å². The first-order valence-corrected chi connectivity index (χ1v) is 22.3. The smallest absolute Gasteiger partial charge is 0.481 e. The number of ether oxygens (including phenoxy) is 4. The number of fused-ring (bicyclic) bond motifs is 2. The molecule has 19 heteroatoms. The number of carbonyl (C=O) groups is 2. The Morgan fingerprint density at radius 2 is 1.23 bits per heavy atom. The van der Waals surface area contributed by atoms with Crippen LogP contribution in [0, 0.1) is 17.8 Å². The molecule has 3 aliphatic rings. The van der Waals surface area contributed by atoms with Gasteiger partial charge in [-0.15, -0.1) is 0 Å². The zero-order valence-corrected chi connectivity index (χ0v) is 41.3. The van der Waals surface area contributed by atoms with Crippen LogP contribution < -0.4 is 5.73 Å². The predicted octanol–water partition coefficient (Wildman–Crippen LogP) is 0.709. The van der Waals surface area contributed by atoms with Crippen molar-refractivity contribution in [2.75, 3.05) is 0 Å². The normalized spacial score (nSPS) is 44.8. The summed E-state index contributed by atoms with van der Waals surface area (Å²) in [6, 6.07) is -1.15. The monoisotopic (exact) mass is 987 g/mol. The number of aliphatic hydroxyl groups is 10. The van der Waals surface area contributed by atoms with E-state index in [0.29, 0.717) is 0 Å². The zero-order valence-electron chi connectivity index (χ0n) is 38.3. The summed E-state index contributed by atoms with van der Waals surface area (Å²) in [5.74, 6) is -6.83. The fraction of sp³-hybridized carbons (Fsp3) is 0.660. The van der Waals surface area contributed by atoms with Crippen molar-refractivity contribution in [2.24, 2.45) is 23.5 Å². The molecule has 3 rings (SSSR count). The molecule has 0 radical (unpaired) electrons. The van der Waals surface area contributed by atoms with E-state index in [2.05, 4.69) is 0 Å². The molecule has 2 saturated heterocycles. The molecule has 0 saturated carbocycles. The number of hydrogen-bond donors (Lipinski definition) is 12. The molecule has 0 aromatic carbocycles. The van der Waals surface area contributed by atoms with Gasteiger partial charge in [0.05, 0.1) is 79.6 Å². The first kappa shape index (κ1) is 59.3. The van der Waals surface area contributed by atoms with Crippen molar-refractivity contribution in [3.8, 4) is 0 Å². The summed E-state index contributed by atoms with van der Waals surface area (Å²) in [6.45, 7) is 6.74. The summed E-state index contributed by atoms with van der Waals surface area (Å²) in [7, 11) is 0. The van der Waals surface area contributed by atoms with Crippen molar-refractivity contribution in [1.82, 2.24) is 0 Å². The van der Waals surface area contributed by atoms with Crippen molar-refractivity contribution < 1.29 is 104 Å². The van der Waals surface area contributed by atoms with Gasteiger partial charge in [-0.1, -0.05) is 98.9 Å². The fourth-order valence-electron chi connectivity index (χ4n) is 7.97. The molecule has 18 nitrogen and oxygen atoms in total. The molecule has 0 aromatic heterocycles. The molecule has 368 valence electrons. The third-order valence-electron chi connectivity index (χ3n) is 12.0. The number of aliphatic hydroxyl groups excluding tert-OH is 9. The molecule has 13 N–H and O–H groups in total. The van der Waals surface area contributed by atoms with Crippen LogP contribution in [0.2, 0.25) is 0 Å². The van der Waals surface area contributed by atoms with Gasteiger partial charge in [-0.3, -0.25) is 9.59 Å². The number of cyclic esters (lactones) is 1. The van der Waals surface area contributed by atoms with Gasteiger partial charge < -0.3 is 80.9 Å². The number of carboxylic acids is 1. The maximum absolute atomic E-state index is 12.6. The number of esters is 1. The Kier molecular flexibility index (Phi) is 26.3. The Morgan fingerprint density at radius 1 is 0.667 bits per heavy atom. The minimum absolute atomic E-state index is 0. The first-order chi connectivity index (χ1) is 30.6. The number of nitrogens with two attached hydrogens (primary N) is 1. The molecule has 0 aliphatic carbocycles. The molecule has 2 fully saturated rings. The van der Waals surface area contributed by atoms with Crippen LogP contribution in [0.25, 0.3) is 0 Å². The molecule has 2 bridgehead atoms. The molecule has 3 heterocycles. The van der Waals surface area contributed by atoms with E-state index in [1.54, 1.807) is 80.7 Å². The second-order valence-electron chi connectivity index (χ2n) is 17.6. The SMILES string of the molecule is CC1/C=C/C=C/C=C/C=C/C=C/C=C/C=C/C(OC2O[C@@H](C)[C@@H](O)[C@@H](N)[C@H]2O)CC2OC(O)(CC(O)CC(O)C(O)CCC(O)CC(O)CC(=O)OC(C)C(C)C1O)CC(O)C2C(=O)O.[Zn+2]. The number of allylic oxidation sites excluding steroid dienone is 12. The Hall–Kier alpha value is -2.82. The van der Waals surface area contributed by atoms with Crippen LogP contribution in [-0.2, 0) is 48.0 Å². The van der Waals surface area contributed by atoms with Crippen LogP contribution in [0.4, 0.5) is 0 Å². The summed E-state index contributed by atoms with van der Waals surface area (Å²) in [4.78, 5) is 25.1. The maximum Gasteiger partial charge on any atom is 2.00 e. The van der Waals surface area contributed by atoms with Crippen molar-refractivity contribution in [3.63, 3.8) is 0 Å². The Labute approximate surface area is 399 Å². The van der Waals surface area contributed by atoms with E-state index in [1.807, 2.05) is 19.1 Å². The van der Waals surface area contributed by atoms with E-state index in [4.69, 9.17) is 24.7 Å². The van der Waals surface area contributed by atoms with Gasteiger partial charge in [-0.2, -0.15) is 0 Å². The molecule has 15 unspecified atom stereocenters. The number of carbonyl (C=O) groups excluding carboxylic acids is 1. The quantitative estimate of drug-likeness (QED) is 0.137. The molecular weight excluding hydrogens is 916 g/mol. The predicted molar refractivity (Wildman–Crippen MR) is 237 cm³/mol. The molecule has 19 atom stereocenters. The van der Waals surface area contributed by atoms with E-state index in [1.165, 1.54) is 13.0 Å². The van der Waals surface area contributed by atoms with Crippen molar-refractivity contribution in [3.05, 3.63) is 85.1 Å². The number of hydrogen-bond acceptors (Lipinski definition) is 17. The standard InChI is InChI=1S/C47H73NO17.Zn/c1-27-17-15-13-11-9-7-5-6-8-10-12-14-16-18-34(64-46-44(58)41(48)43(57)30(4)63-46)24-38-40(45(59)60)37(54)26-47(61,65-38)25-33(51)22-36(53)35(52)20-19-31(49)21-32(50)23-39(55)62-29(3)28(2)42(27)56;/h5-18,27-38,40-44,46,49-54,56-58,61H,19-26,48H2,1-4H3,(H,59,60);/q;+2/b6-5+,9-7+,10-8+,13-11+,14-12+,17-15+,18-16+;/t27?,28?,29?,30-,31?,32?,33?,34?,35?,36?,37?,38?,40?,41+,42?,43+,44+,46?,47?;/m0./s1. The van der Waals surface area contributed by atoms with Crippen LogP contribution >= 0.6 is 0 Å². The third-order valence-corrected chi connectivity index (χ3v) is 12.0. The maximum atomic E-state index is 12.6. The Morgan fingerprint density at radius 3 is 1.80 bits per heavy atom. The van der Waals surface area contributed by atoms with Crippen LogP contribution in [0.3, 0.4) is 0 Å². The van der Waals surface area contributed by atoms with Crippen LogP contribution in [0.15, 0.2) is 85.1 Å². The fourth-order valence-corrected chi connectivity index (χ4v) is 7.97. The van der Waals surface area contributed by atoms with Gasteiger partial charge in [-0.25, -0.2) is 0 Å². The van der Waals surface area contributed by atoms with Gasteiger partial charge in [0.2, 0.25) is 0 Å². The Balaban J connectivity index is 0.0000150. The van der Waals surface area contributed by atoms with Gasteiger partial charge in [0, 0.05) is 37.5 Å². The number of rotatable bonds is 3. The van der Waals surface area contributed by atoms with E-state index >= 15 is 0 Å². The Bertz CT molecular complexity index is 1670. The number of aliphatic carboxylic acids is 1. The molecule has 0 aromatic rings. The summed E-state index contributed by atoms with van der Waals surface area (Å²) in [6.07, 6.45) is 3.46. The third kappa shape index (κ3) is 19.7. The van der Waals surface area contributed by atoms with Gasteiger partial charge in [0.1, 0.15) is 18.1 Å². The van der Waals surface area contributed by atoms with Crippen molar-refractivity contribution >= 4 is 11.9 Å². The van der Waals surface area contributed by atoms with Gasteiger partial charge in [-0.05, 0) is 33.1 Å². The largest absolute Gasteiger partial charge is 2.00 e. The minimum Gasteiger partial charge on any atom is -0.481 e. The molecule has 3 aliphatic heterocycles. The average molecular weight is 989 g/mol. The van der Waals surface area contributed by atoms with E-state index in [0.717, 1.165) is 0 Å². The average Bonchev–Trinajstić information content (AvgIpc) is 3.21. The van der Waals surface area contributed by atoms with Gasteiger partial charge in [0.25, 0.3) is 0 Å². The molecule has 66 heavy (non-hydrogen) atoms. The van der Waals surface area contributed by atoms with E-state index < -0.39 is 147 Å². The summed E-state index contributed by atoms with van der Waals surface area (Å²) in [5.41, 5.74) is 6.02. The van der Waals surface area contributed by atoms with Crippen LogP contribution in [-0.4, -0.2) is 166 Å². The number of carboxylic acid groups (broad SMARTS) is 1. The zero-order chi connectivity index (χ0) is 48.4. The van der Waals surface area contributed by atoms with Gasteiger partial charge in [0.15, 0.2) is 12.1 Å². The van der Waals surface area contributed by atoms with Gasteiger partial charge >= 0.3 is 31.4 Å². The van der Waals surface area contributed by atoms with Crippen LogP contribution in [0.5, 0.6) is 0 Å². The molecule has 0 amide bonds. The second kappa shape index (κ2) is 29.3. The van der Waals surface area contributed by atoms with Crippen LogP contribution in [0.1, 0.15) is 79.1 Å². The van der Waals surface area contributed by atoms with Crippen molar-refractivity contribution in [1.29, 1.82) is 0 Å².